The fourth-order valence-corrected chi connectivity index (χ4v) is 2.07. The number of nitrogens with zero attached hydrogens (tertiary/aromatic N) is 1. The Labute approximate surface area is 126 Å². The van der Waals surface area contributed by atoms with Crippen molar-refractivity contribution >= 4 is 40.6 Å². The van der Waals surface area contributed by atoms with Gasteiger partial charge >= 0.3 is 0 Å². The molecular weight excluding hydrogens is 290 g/mol. The fraction of sp³-hybridized carbons (Fsp3) is 0.0714. The molecule has 0 fully saturated rings. The summed E-state index contributed by atoms with van der Waals surface area (Å²) in [6.07, 6.45) is 3.50. The summed E-state index contributed by atoms with van der Waals surface area (Å²) in [6.45, 7) is 0. The van der Waals surface area contributed by atoms with Gasteiger partial charge in [-0.1, -0.05) is 12.2 Å². The van der Waals surface area contributed by atoms with Crippen molar-refractivity contribution in [2.45, 2.75) is 4.90 Å². The van der Waals surface area contributed by atoms with Gasteiger partial charge in [0.2, 0.25) is 0 Å². The largest absolute Gasteiger partial charge is 0.389 e. The maximum absolute atomic E-state index is 12.0. The summed E-state index contributed by atoms with van der Waals surface area (Å²) in [6, 6.07) is 10.9. The van der Waals surface area contributed by atoms with Crippen molar-refractivity contribution in [1.29, 1.82) is 0 Å². The van der Waals surface area contributed by atoms with Crippen molar-refractivity contribution in [3.05, 3.63) is 53.9 Å². The zero-order valence-electron chi connectivity index (χ0n) is 10.8. The SMILES string of the molecule is CSc1ccc(NC(=O)c2ccc(C(N)=S)cn2)cc1. The van der Waals surface area contributed by atoms with Crippen molar-refractivity contribution in [1.82, 2.24) is 4.98 Å². The van der Waals surface area contributed by atoms with E-state index in [4.69, 9.17) is 18.0 Å². The van der Waals surface area contributed by atoms with Crippen LogP contribution in [0, 0.1) is 0 Å². The first kappa shape index (κ1) is 14.5. The van der Waals surface area contributed by atoms with Gasteiger partial charge in [0, 0.05) is 22.3 Å². The van der Waals surface area contributed by atoms with Crippen molar-refractivity contribution < 1.29 is 4.79 Å². The Hall–Kier alpha value is -1.92. The normalized spacial score (nSPS) is 10.1. The molecule has 0 radical (unpaired) electrons. The summed E-state index contributed by atoms with van der Waals surface area (Å²) >= 11 is 6.48. The first-order chi connectivity index (χ1) is 9.60. The van der Waals surface area contributed by atoms with Crippen LogP contribution in [0.5, 0.6) is 0 Å². The number of hydrogen-bond acceptors (Lipinski definition) is 4. The smallest absolute Gasteiger partial charge is 0.274 e. The summed E-state index contributed by atoms with van der Waals surface area (Å²) < 4.78 is 0. The lowest BCUT2D eigenvalue weighted by molar-refractivity contribution is 0.102. The second-order valence-corrected chi connectivity index (χ2v) is 5.30. The van der Waals surface area contributed by atoms with Crippen LogP contribution in [-0.2, 0) is 0 Å². The maximum Gasteiger partial charge on any atom is 0.274 e. The van der Waals surface area contributed by atoms with Crippen LogP contribution < -0.4 is 11.1 Å². The number of amides is 1. The van der Waals surface area contributed by atoms with Gasteiger partial charge in [0.15, 0.2) is 0 Å². The quantitative estimate of drug-likeness (QED) is 0.671. The Morgan fingerprint density at radius 2 is 1.95 bits per heavy atom. The number of carbonyl (C=O) groups excluding carboxylic acids is 1. The molecule has 20 heavy (non-hydrogen) atoms. The van der Waals surface area contributed by atoms with Gasteiger partial charge in [-0.3, -0.25) is 9.78 Å². The summed E-state index contributed by atoms with van der Waals surface area (Å²) in [5, 5.41) is 2.78. The Morgan fingerprint density at radius 3 is 2.45 bits per heavy atom. The molecule has 0 unspecified atom stereocenters. The van der Waals surface area contributed by atoms with Crippen LogP contribution in [0.15, 0.2) is 47.5 Å². The van der Waals surface area contributed by atoms with Crippen LogP contribution in [0.3, 0.4) is 0 Å². The molecule has 0 aliphatic carbocycles. The maximum atomic E-state index is 12.0. The van der Waals surface area contributed by atoms with Gasteiger partial charge in [-0.05, 0) is 42.7 Å². The molecule has 0 saturated carbocycles. The van der Waals surface area contributed by atoms with E-state index in [2.05, 4.69) is 10.3 Å². The molecule has 3 N–H and O–H groups in total. The molecule has 1 aromatic carbocycles. The summed E-state index contributed by atoms with van der Waals surface area (Å²) in [5.74, 6) is -0.267. The van der Waals surface area contributed by atoms with E-state index >= 15 is 0 Å². The third kappa shape index (κ3) is 3.55. The Morgan fingerprint density at radius 1 is 1.25 bits per heavy atom. The van der Waals surface area contributed by atoms with E-state index in [-0.39, 0.29) is 10.9 Å². The average Bonchev–Trinajstić information content (AvgIpc) is 2.48. The molecular formula is C14H13N3OS2. The monoisotopic (exact) mass is 303 g/mol. The lowest BCUT2D eigenvalue weighted by Crippen LogP contribution is -2.15. The van der Waals surface area contributed by atoms with E-state index in [0.717, 1.165) is 10.6 Å². The molecule has 0 atom stereocenters. The number of rotatable bonds is 4. The number of anilines is 1. The van der Waals surface area contributed by atoms with Gasteiger partial charge in [-0.2, -0.15) is 0 Å². The number of pyridine rings is 1. The van der Waals surface area contributed by atoms with E-state index in [9.17, 15) is 4.79 Å². The second kappa shape index (κ2) is 6.49. The van der Waals surface area contributed by atoms with Crippen molar-refractivity contribution in [3.8, 4) is 0 Å². The minimum atomic E-state index is -0.267. The molecule has 1 aromatic heterocycles. The number of nitrogens with two attached hydrogens (primary N) is 1. The first-order valence-corrected chi connectivity index (χ1v) is 7.44. The standard InChI is InChI=1S/C14H13N3OS2/c1-20-11-5-3-10(4-6-11)17-14(18)12-7-2-9(8-16-12)13(15)19/h2-8H,1H3,(H2,15,19)(H,17,18). The molecule has 1 amide bonds. The lowest BCUT2D eigenvalue weighted by Gasteiger charge is -2.06. The average molecular weight is 303 g/mol. The van der Waals surface area contributed by atoms with Crippen molar-refractivity contribution in [3.63, 3.8) is 0 Å². The van der Waals surface area contributed by atoms with E-state index in [1.165, 1.54) is 6.20 Å². The van der Waals surface area contributed by atoms with Crippen LogP contribution in [-0.4, -0.2) is 22.1 Å². The van der Waals surface area contributed by atoms with Crippen LogP contribution in [0.2, 0.25) is 0 Å². The van der Waals surface area contributed by atoms with Gasteiger partial charge in [0.25, 0.3) is 5.91 Å². The third-order valence-electron chi connectivity index (χ3n) is 2.63. The molecule has 0 bridgehead atoms. The predicted octanol–water partition coefficient (Wildman–Crippen LogP) is 2.69. The van der Waals surface area contributed by atoms with E-state index in [1.807, 2.05) is 30.5 Å². The highest BCUT2D eigenvalue weighted by atomic mass is 32.2. The predicted molar refractivity (Wildman–Crippen MR) is 86.3 cm³/mol. The molecule has 0 saturated heterocycles. The van der Waals surface area contributed by atoms with Gasteiger partial charge in [0.1, 0.15) is 10.7 Å². The highest BCUT2D eigenvalue weighted by Crippen LogP contribution is 2.17. The fourth-order valence-electron chi connectivity index (χ4n) is 1.54. The van der Waals surface area contributed by atoms with E-state index in [0.29, 0.717) is 11.3 Å². The number of thiocarbonyl (C=S) groups is 1. The molecule has 1 heterocycles. The summed E-state index contributed by atoms with van der Waals surface area (Å²) in [5.41, 5.74) is 7.17. The molecule has 0 aliphatic heterocycles. The number of hydrogen-bond donors (Lipinski definition) is 2. The molecule has 0 aliphatic rings. The number of thioether (sulfide) groups is 1. The van der Waals surface area contributed by atoms with E-state index in [1.54, 1.807) is 23.9 Å². The number of aromatic nitrogens is 1. The molecule has 2 aromatic rings. The zero-order valence-corrected chi connectivity index (χ0v) is 12.4. The highest BCUT2D eigenvalue weighted by Gasteiger charge is 2.08. The van der Waals surface area contributed by atoms with Gasteiger partial charge < -0.3 is 11.1 Å². The zero-order chi connectivity index (χ0) is 14.5. The molecule has 2 rings (SSSR count). The Bertz CT molecular complexity index is 624. The number of benzene rings is 1. The minimum absolute atomic E-state index is 0.261. The van der Waals surface area contributed by atoms with Crippen molar-refractivity contribution in [2.24, 2.45) is 5.73 Å². The summed E-state index contributed by atoms with van der Waals surface area (Å²) in [7, 11) is 0. The van der Waals surface area contributed by atoms with Crippen LogP contribution in [0.4, 0.5) is 5.69 Å². The third-order valence-corrected chi connectivity index (χ3v) is 3.61. The van der Waals surface area contributed by atoms with E-state index < -0.39 is 0 Å². The van der Waals surface area contributed by atoms with Crippen LogP contribution in [0.1, 0.15) is 16.1 Å². The Balaban J connectivity index is 2.08. The van der Waals surface area contributed by atoms with Gasteiger partial charge in [0.05, 0.1) is 0 Å². The second-order valence-electron chi connectivity index (χ2n) is 3.98. The lowest BCUT2D eigenvalue weighted by atomic mass is 10.2. The first-order valence-electron chi connectivity index (χ1n) is 5.81. The molecule has 4 nitrogen and oxygen atoms in total. The number of nitrogens with one attached hydrogen (secondary N) is 1. The number of carbonyl (C=O) groups is 1. The van der Waals surface area contributed by atoms with Crippen LogP contribution in [0.25, 0.3) is 0 Å². The highest BCUT2D eigenvalue weighted by molar-refractivity contribution is 7.98. The summed E-state index contributed by atoms with van der Waals surface area (Å²) in [4.78, 5) is 17.5. The molecule has 0 spiro atoms. The van der Waals surface area contributed by atoms with Gasteiger partial charge in [-0.25, -0.2) is 0 Å². The molecule has 6 heteroatoms. The topological polar surface area (TPSA) is 68.0 Å². The molecule has 102 valence electrons. The minimum Gasteiger partial charge on any atom is -0.389 e. The van der Waals surface area contributed by atoms with Crippen LogP contribution >= 0.6 is 24.0 Å². The van der Waals surface area contributed by atoms with Gasteiger partial charge in [-0.15, -0.1) is 11.8 Å². The van der Waals surface area contributed by atoms with Crippen molar-refractivity contribution in [2.75, 3.05) is 11.6 Å². The Kier molecular flexibility index (Phi) is 4.70.